The molecule has 5 N–H and O–H groups in total. The van der Waals surface area contributed by atoms with Gasteiger partial charge in [0.2, 0.25) is 11.8 Å². The number of primary amides is 1. The van der Waals surface area contributed by atoms with Crippen LogP contribution in [0.4, 0.5) is 4.79 Å². The van der Waals surface area contributed by atoms with E-state index in [0.29, 0.717) is 0 Å². The number of carboxylic acid groups (broad SMARTS) is 1. The third kappa shape index (κ3) is 5.00. The summed E-state index contributed by atoms with van der Waals surface area (Å²) < 4.78 is 5.36. The van der Waals surface area contributed by atoms with E-state index in [-0.39, 0.29) is 12.5 Å². The highest BCUT2D eigenvalue weighted by atomic mass is 16.5. The number of rotatable bonds is 8. The summed E-state index contributed by atoms with van der Waals surface area (Å²) in [5.74, 6) is -3.18. The van der Waals surface area contributed by atoms with Gasteiger partial charge in [-0.2, -0.15) is 0 Å². The predicted octanol–water partition coefficient (Wildman–Crippen LogP) is 1.36. The smallest absolute Gasteiger partial charge is 0.407 e. The largest absolute Gasteiger partial charge is 0.480 e. The molecule has 162 valence electrons. The van der Waals surface area contributed by atoms with Gasteiger partial charge in [0.05, 0.1) is 6.42 Å². The molecule has 0 heterocycles. The quantitative estimate of drug-likeness (QED) is 0.502. The maximum atomic E-state index is 12.2. The van der Waals surface area contributed by atoms with E-state index in [1.54, 1.807) is 0 Å². The molecule has 2 aromatic carbocycles. The van der Waals surface area contributed by atoms with Crippen molar-refractivity contribution in [1.29, 1.82) is 0 Å². The number of nitrogens with one attached hydrogen (secondary N) is 2. The molecule has 0 bridgehead atoms. The maximum absolute atomic E-state index is 12.2. The predicted molar refractivity (Wildman–Crippen MR) is 111 cm³/mol. The molecule has 9 nitrogen and oxygen atoms in total. The van der Waals surface area contributed by atoms with E-state index in [1.165, 1.54) is 6.92 Å². The molecule has 0 aliphatic heterocycles. The van der Waals surface area contributed by atoms with Crippen molar-refractivity contribution in [1.82, 2.24) is 10.6 Å². The number of hydrogen-bond donors (Lipinski definition) is 4. The number of fused-ring (bicyclic) bond motifs is 3. The highest BCUT2D eigenvalue weighted by Crippen LogP contribution is 2.44. The molecule has 0 aromatic heterocycles. The molecule has 1 aliphatic carbocycles. The van der Waals surface area contributed by atoms with Crippen LogP contribution in [-0.4, -0.2) is 47.7 Å². The van der Waals surface area contributed by atoms with E-state index in [1.807, 2.05) is 48.5 Å². The number of carbonyl (C=O) groups is 4. The van der Waals surface area contributed by atoms with Crippen LogP contribution in [0.15, 0.2) is 48.5 Å². The van der Waals surface area contributed by atoms with Crippen LogP contribution in [0.3, 0.4) is 0 Å². The van der Waals surface area contributed by atoms with Gasteiger partial charge in [0.1, 0.15) is 18.7 Å². The molecule has 2 atom stereocenters. The van der Waals surface area contributed by atoms with Gasteiger partial charge in [-0.1, -0.05) is 48.5 Å². The highest BCUT2D eigenvalue weighted by Gasteiger charge is 2.30. The molecule has 31 heavy (non-hydrogen) atoms. The van der Waals surface area contributed by atoms with Crippen molar-refractivity contribution >= 4 is 23.9 Å². The number of carbonyl (C=O) groups excluding carboxylic acids is 3. The Morgan fingerprint density at radius 3 is 2.06 bits per heavy atom. The lowest BCUT2D eigenvalue weighted by Crippen LogP contribution is -2.51. The van der Waals surface area contributed by atoms with E-state index in [0.717, 1.165) is 22.3 Å². The topological polar surface area (TPSA) is 148 Å². The first-order valence-electron chi connectivity index (χ1n) is 9.71. The van der Waals surface area contributed by atoms with Gasteiger partial charge in [-0.05, 0) is 29.2 Å². The summed E-state index contributed by atoms with van der Waals surface area (Å²) in [6, 6.07) is 13.2. The number of carboxylic acids is 1. The minimum atomic E-state index is -1.48. The second-order valence-corrected chi connectivity index (χ2v) is 7.26. The van der Waals surface area contributed by atoms with Crippen LogP contribution in [0.5, 0.6) is 0 Å². The summed E-state index contributed by atoms with van der Waals surface area (Å²) in [5.41, 5.74) is 9.28. The van der Waals surface area contributed by atoms with Gasteiger partial charge >= 0.3 is 12.1 Å². The fraction of sp³-hybridized carbons (Fsp3) is 0.273. The zero-order chi connectivity index (χ0) is 22.5. The highest BCUT2D eigenvalue weighted by molar-refractivity contribution is 5.91. The van der Waals surface area contributed by atoms with Crippen LogP contribution < -0.4 is 16.4 Å². The minimum absolute atomic E-state index is 0.0770. The molecule has 0 radical (unpaired) electrons. The van der Waals surface area contributed by atoms with Crippen LogP contribution in [0.25, 0.3) is 11.1 Å². The number of benzene rings is 2. The van der Waals surface area contributed by atoms with Gasteiger partial charge < -0.3 is 26.2 Å². The summed E-state index contributed by atoms with van der Waals surface area (Å²) in [7, 11) is 0. The number of nitrogens with two attached hydrogens (primary N) is 1. The van der Waals surface area contributed by atoms with Gasteiger partial charge in [0.25, 0.3) is 0 Å². The van der Waals surface area contributed by atoms with Crippen LogP contribution in [0, 0.1) is 0 Å². The molecular formula is C22H23N3O6. The Balaban J connectivity index is 1.58. The molecule has 3 amide bonds. The summed E-state index contributed by atoms with van der Waals surface area (Å²) in [6.07, 6.45) is -1.37. The molecule has 2 aromatic rings. The standard InChI is InChI=1S/C22H23N3O6/c1-12(20(27)25-18(21(28)29)10-19(23)26)24-22(30)31-11-17-15-8-4-2-6-13(15)14-7-3-5-9-16(14)17/h2-9,12,17-18H,10-11H2,1H3,(H2,23,26)(H,24,30)(H,25,27)(H,28,29). The molecule has 3 rings (SSSR count). The number of alkyl carbamates (subject to hydrolysis) is 1. The Kier molecular flexibility index (Phi) is 6.54. The van der Waals surface area contributed by atoms with Crippen molar-refractivity contribution in [2.45, 2.75) is 31.3 Å². The molecule has 9 heteroatoms. The summed E-state index contributed by atoms with van der Waals surface area (Å²) in [5, 5.41) is 13.6. The lowest BCUT2D eigenvalue weighted by Gasteiger charge is -2.19. The number of aliphatic carboxylic acids is 1. The first kappa shape index (κ1) is 21.8. The second kappa shape index (κ2) is 9.29. The van der Waals surface area contributed by atoms with Gasteiger partial charge in [-0.25, -0.2) is 9.59 Å². The number of hydrogen-bond acceptors (Lipinski definition) is 5. The van der Waals surface area contributed by atoms with E-state index in [2.05, 4.69) is 10.6 Å². The average molecular weight is 425 g/mol. The van der Waals surface area contributed by atoms with Crippen molar-refractivity contribution in [2.75, 3.05) is 6.61 Å². The second-order valence-electron chi connectivity index (χ2n) is 7.26. The molecule has 0 spiro atoms. The van der Waals surface area contributed by atoms with Gasteiger partial charge in [0.15, 0.2) is 0 Å². The van der Waals surface area contributed by atoms with Crippen LogP contribution in [0.2, 0.25) is 0 Å². The lowest BCUT2D eigenvalue weighted by atomic mass is 9.98. The molecule has 2 unspecified atom stereocenters. The molecular weight excluding hydrogens is 402 g/mol. The van der Waals surface area contributed by atoms with Crippen LogP contribution >= 0.6 is 0 Å². The summed E-state index contributed by atoms with van der Waals surface area (Å²) >= 11 is 0. The maximum Gasteiger partial charge on any atom is 0.407 e. The summed E-state index contributed by atoms with van der Waals surface area (Å²) in [6.45, 7) is 1.45. The summed E-state index contributed by atoms with van der Waals surface area (Å²) in [4.78, 5) is 46.5. The fourth-order valence-electron chi connectivity index (χ4n) is 3.58. The Bertz CT molecular complexity index is 976. The van der Waals surface area contributed by atoms with E-state index in [9.17, 15) is 19.2 Å². The Hall–Kier alpha value is -3.88. The molecule has 0 saturated heterocycles. The lowest BCUT2D eigenvalue weighted by molar-refractivity contribution is -0.143. The first-order chi connectivity index (χ1) is 14.8. The Morgan fingerprint density at radius 2 is 1.55 bits per heavy atom. The third-order valence-electron chi connectivity index (χ3n) is 5.09. The molecule has 0 saturated carbocycles. The van der Waals surface area contributed by atoms with E-state index in [4.69, 9.17) is 15.6 Å². The molecule has 1 aliphatic rings. The minimum Gasteiger partial charge on any atom is -0.480 e. The van der Waals surface area contributed by atoms with E-state index < -0.39 is 42.4 Å². The average Bonchev–Trinajstić information content (AvgIpc) is 3.05. The van der Waals surface area contributed by atoms with E-state index >= 15 is 0 Å². The van der Waals surface area contributed by atoms with Crippen molar-refractivity contribution in [3.05, 3.63) is 59.7 Å². The number of ether oxygens (including phenoxy) is 1. The normalized spacial score (nSPS) is 14.0. The van der Waals surface area contributed by atoms with Crippen molar-refractivity contribution in [3.8, 4) is 11.1 Å². The number of amides is 3. The van der Waals surface area contributed by atoms with Crippen molar-refractivity contribution in [2.24, 2.45) is 5.73 Å². The fourth-order valence-corrected chi connectivity index (χ4v) is 3.58. The Labute approximate surface area is 178 Å². The zero-order valence-corrected chi connectivity index (χ0v) is 16.8. The van der Waals surface area contributed by atoms with Crippen molar-refractivity contribution < 1.29 is 29.0 Å². The molecule has 0 fully saturated rings. The zero-order valence-electron chi connectivity index (χ0n) is 16.8. The van der Waals surface area contributed by atoms with Crippen molar-refractivity contribution in [3.63, 3.8) is 0 Å². The van der Waals surface area contributed by atoms with Gasteiger partial charge in [-0.3, -0.25) is 9.59 Å². The van der Waals surface area contributed by atoms with Gasteiger partial charge in [0, 0.05) is 5.92 Å². The van der Waals surface area contributed by atoms with Crippen LogP contribution in [0.1, 0.15) is 30.4 Å². The SMILES string of the molecule is CC(NC(=O)OCC1c2ccccc2-c2ccccc21)C(=O)NC(CC(N)=O)C(=O)O. The third-order valence-corrected chi connectivity index (χ3v) is 5.09. The van der Waals surface area contributed by atoms with Gasteiger partial charge in [-0.15, -0.1) is 0 Å². The first-order valence-corrected chi connectivity index (χ1v) is 9.71. The monoisotopic (exact) mass is 425 g/mol. The Morgan fingerprint density at radius 1 is 1.00 bits per heavy atom. The van der Waals surface area contributed by atoms with Crippen LogP contribution in [-0.2, 0) is 19.1 Å².